The molecule has 0 spiro atoms. The first kappa shape index (κ1) is 9.01. The lowest BCUT2D eigenvalue weighted by atomic mass is 9.80. The van der Waals surface area contributed by atoms with E-state index in [1.54, 1.807) is 0 Å². The van der Waals surface area contributed by atoms with Gasteiger partial charge in [-0.15, -0.1) is 0 Å². The molecule has 1 rings (SSSR count). The minimum absolute atomic E-state index is 0.611. The lowest BCUT2D eigenvalue weighted by Gasteiger charge is -2.32. The zero-order valence-electron chi connectivity index (χ0n) is 7.71. The van der Waals surface area contributed by atoms with Gasteiger partial charge in [0.1, 0.15) is 0 Å². The summed E-state index contributed by atoms with van der Waals surface area (Å²) in [5, 5.41) is 0. The SMILES string of the molecule is CN(C)C(CN)CC1CCC1. The summed E-state index contributed by atoms with van der Waals surface area (Å²) in [7, 11) is 4.24. The van der Waals surface area contributed by atoms with Crippen molar-refractivity contribution in [1.82, 2.24) is 4.90 Å². The van der Waals surface area contributed by atoms with Crippen molar-refractivity contribution in [2.75, 3.05) is 20.6 Å². The lowest BCUT2D eigenvalue weighted by Crippen LogP contribution is -2.37. The second-order valence-corrected chi connectivity index (χ2v) is 3.89. The molecular formula is C9H20N2. The largest absolute Gasteiger partial charge is 0.329 e. The predicted octanol–water partition coefficient (Wildman–Crippen LogP) is 1.07. The van der Waals surface area contributed by atoms with Gasteiger partial charge >= 0.3 is 0 Å². The van der Waals surface area contributed by atoms with Gasteiger partial charge < -0.3 is 10.6 Å². The van der Waals surface area contributed by atoms with E-state index >= 15 is 0 Å². The molecule has 1 aliphatic rings. The molecule has 2 heteroatoms. The van der Waals surface area contributed by atoms with Gasteiger partial charge in [0.2, 0.25) is 0 Å². The summed E-state index contributed by atoms with van der Waals surface area (Å²) in [6.07, 6.45) is 5.62. The number of nitrogens with two attached hydrogens (primary N) is 1. The van der Waals surface area contributed by atoms with Crippen molar-refractivity contribution < 1.29 is 0 Å². The molecule has 1 aliphatic carbocycles. The van der Waals surface area contributed by atoms with Crippen LogP contribution in [-0.2, 0) is 0 Å². The third-order valence-electron chi connectivity index (χ3n) is 2.83. The summed E-state index contributed by atoms with van der Waals surface area (Å²) in [5.41, 5.74) is 5.66. The molecule has 66 valence electrons. The first-order valence-corrected chi connectivity index (χ1v) is 4.60. The van der Waals surface area contributed by atoms with Crippen molar-refractivity contribution in [2.45, 2.75) is 31.7 Å². The Morgan fingerprint density at radius 2 is 2.09 bits per heavy atom. The molecule has 11 heavy (non-hydrogen) atoms. The fourth-order valence-corrected chi connectivity index (χ4v) is 1.63. The number of hydrogen-bond acceptors (Lipinski definition) is 2. The molecule has 1 saturated carbocycles. The van der Waals surface area contributed by atoms with Gasteiger partial charge in [0, 0.05) is 12.6 Å². The Labute approximate surface area is 69.8 Å². The normalized spacial score (nSPS) is 21.8. The third-order valence-corrected chi connectivity index (χ3v) is 2.83. The van der Waals surface area contributed by atoms with Crippen LogP contribution in [0.2, 0.25) is 0 Å². The van der Waals surface area contributed by atoms with Crippen molar-refractivity contribution >= 4 is 0 Å². The molecule has 0 bridgehead atoms. The summed E-state index contributed by atoms with van der Waals surface area (Å²) in [6, 6.07) is 0.611. The Balaban J connectivity index is 2.19. The number of rotatable bonds is 4. The van der Waals surface area contributed by atoms with Gasteiger partial charge in [-0.1, -0.05) is 19.3 Å². The second kappa shape index (κ2) is 4.07. The molecule has 0 aromatic carbocycles. The first-order chi connectivity index (χ1) is 5.24. The third kappa shape index (κ3) is 2.46. The number of hydrogen-bond donors (Lipinski definition) is 1. The van der Waals surface area contributed by atoms with Crippen LogP contribution in [0.1, 0.15) is 25.7 Å². The first-order valence-electron chi connectivity index (χ1n) is 4.60. The van der Waals surface area contributed by atoms with Crippen LogP contribution >= 0.6 is 0 Å². The molecule has 0 amide bonds. The molecule has 0 saturated heterocycles. The predicted molar refractivity (Wildman–Crippen MR) is 48.5 cm³/mol. The molecule has 0 aromatic heterocycles. The van der Waals surface area contributed by atoms with E-state index in [0.717, 1.165) is 12.5 Å². The van der Waals surface area contributed by atoms with Crippen molar-refractivity contribution in [3.05, 3.63) is 0 Å². The van der Waals surface area contributed by atoms with Crippen LogP contribution in [0.5, 0.6) is 0 Å². The minimum atomic E-state index is 0.611. The molecule has 0 heterocycles. The van der Waals surface area contributed by atoms with Gasteiger partial charge in [0.15, 0.2) is 0 Å². The maximum Gasteiger partial charge on any atom is 0.0214 e. The average Bonchev–Trinajstić information content (AvgIpc) is 1.85. The van der Waals surface area contributed by atoms with E-state index in [-0.39, 0.29) is 0 Å². The van der Waals surface area contributed by atoms with E-state index in [2.05, 4.69) is 19.0 Å². The van der Waals surface area contributed by atoms with Crippen LogP contribution < -0.4 is 5.73 Å². The van der Waals surface area contributed by atoms with E-state index in [1.165, 1.54) is 25.7 Å². The Bertz CT molecular complexity index is 108. The minimum Gasteiger partial charge on any atom is -0.329 e. The molecule has 2 nitrogen and oxygen atoms in total. The van der Waals surface area contributed by atoms with Gasteiger partial charge in [0.25, 0.3) is 0 Å². The standard InChI is InChI=1S/C9H20N2/c1-11(2)9(7-10)6-8-4-3-5-8/h8-9H,3-7,10H2,1-2H3. The Hall–Kier alpha value is -0.0800. The van der Waals surface area contributed by atoms with E-state index in [9.17, 15) is 0 Å². The van der Waals surface area contributed by atoms with Gasteiger partial charge in [0.05, 0.1) is 0 Å². The molecule has 2 N–H and O–H groups in total. The monoisotopic (exact) mass is 156 g/mol. The average molecular weight is 156 g/mol. The van der Waals surface area contributed by atoms with Crippen LogP contribution in [0.15, 0.2) is 0 Å². The maximum atomic E-state index is 5.66. The highest BCUT2D eigenvalue weighted by Crippen LogP contribution is 2.30. The molecule has 1 unspecified atom stereocenters. The van der Waals surface area contributed by atoms with Crippen LogP contribution in [0.3, 0.4) is 0 Å². The highest BCUT2D eigenvalue weighted by molar-refractivity contribution is 4.77. The van der Waals surface area contributed by atoms with E-state index < -0.39 is 0 Å². The van der Waals surface area contributed by atoms with Gasteiger partial charge in [-0.3, -0.25) is 0 Å². The second-order valence-electron chi connectivity index (χ2n) is 3.89. The molecule has 0 aromatic rings. The smallest absolute Gasteiger partial charge is 0.0214 e. The van der Waals surface area contributed by atoms with Crippen LogP contribution in [-0.4, -0.2) is 31.6 Å². The van der Waals surface area contributed by atoms with Gasteiger partial charge in [-0.2, -0.15) is 0 Å². The van der Waals surface area contributed by atoms with Crippen LogP contribution in [0.4, 0.5) is 0 Å². The molecular weight excluding hydrogens is 136 g/mol. The van der Waals surface area contributed by atoms with E-state index in [1.807, 2.05) is 0 Å². The highest BCUT2D eigenvalue weighted by atomic mass is 15.1. The van der Waals surface area contributed by atoms with Crippen molar-refractivity contribution in [3.63, 3.8) is 0 Å². The summed E-state index contributed by atoms with van der Waals surface area (Å²) in [6.45, 7) is 0.809. The van der Waals surface area contributed by atoms with Crippen molar-refractivity contribution in [2.24, 2.45) is 11.7 Å². The molecule has 0 radical (unpaired) electrons. The quantitative estimate of drug-likeness (QED) is 0.659. The van der Waals surface area contributed by atoms with Crippen molar-refractivity contribution in [1.29, 1.82) is 0 Å². The summed E-state index contributed by atoms with van der Waals surface area (Å²) in [5.74, 6) is 0.978. The summed E-state index contributed by atoms with van der Waals surface area (Å²) < 4.78 is 0. The highest BCUT2D eigenvalue weighted by Gasteiger charge is 2.22. The van der Waals surface area contributed by atoms with Gasteiger partial charge in [-0.25, -0.2) is 0 Å². The fourth-order valence-electron chi connectivity index (χ4n) is 1.63. The van der Waals surface area contributed by atoms with Crippen LogP contribution in [0, 0.1) is 5.92 Å². The molecule has 0 aliphatic heterocycles. The van der Waals surface area contributed by atoms with Crippen LogP contribution in [0.25, 0.3) is 0 Å². The Kier molecular flexibility index (Phi) is 3.34. The summed E-state index contributed by atoms with van der Waals surface area (Å²) >= 11 is 0. The fraction of sp³-hybridized carbons (Fsp3) is 1.00. The zero-order valence-corrected chi connectivity index (χ0v) is 7.71. The topological polar surface area (TPSA) is 29.3 Å². The summed E-state index contributed by atoms with van der Waals surface area (Å²) in [4.78, 5) is 2.25. The van der Waals surface area contributed by atoms with E-state index in [0.29, 0.717) is 6.04 Å². The van der Waals surface area contributed by atoms with E-state index in [4.69, 9.17) is 5.73 Å². The molecule has 1 fully saturated rings. The zero-order chi connectivity index (χ0) is 8.27. The van der Waals surface area contributed by atoms with Gasteiger partial charge in [-0.05, 0) is 26.4 Å². The number of nitrogens with zero attached hydrogens (tertiary/aromatic N) is 1. The Morgan fingerprint density at radius 1 is 1.45 bits per heavy atom. The molecule has 1 atom stereocenters. The number of likely N-dealkylation sites (N-methyl/N-ethyl adjacent to an activating group) is 1. The Morgan fingerprint density at radius 3 is 2.36 bits per heavy atom. The lowest BCUT2D eigenvalue weighted by molar-refractivity contribution is 0.198. The van der Waals surface area contributed by atoms with Crippen molar-refractivity contribution in [3.8, 4) is 0 Å². The maximum absolute atomic E-state index is 5.66.